The van der Waals surface area contributed by atoms with Crippen LogP contribution < -0.4 is 0 Å². The van der Waals surface area contributed by atoms with Crippen molar-refractivity contribution in [3.63, 3.8) is 0 Å². The third-order valence-electron chi connectivity index (χ3n) is 2.40. The summed E-state index contributed by atoms with van der Waals surface area (Å²) >= 11 is 1.42. The molecule has 0 saturated carbocycles. The fourth-order valence-electron chi connectivity index (χ4n) is 1.49. The third-order valence-corrected chi connectivity index (χ3v) is 3.64. The Hall–Kier alpha value is -1.79. The fraction of sp³-hybridized carbons (Fsp3) is 0.0714. The molecule has 0 bridgehead atoms. The topological polar surface area (TPSA) is 23.8 Å². The van der Waals surface area contributed by atoms with Crippen molar-refractivity contribution in [1.82, 2.24) is 0 Å². The van der Waals surface area contributed by atoms with Gasteiger partial charge >= 0.3 is 0 Å². The van der Waals surface area contributed by atoms with E-state index in [9.17, 15) is 4.39 Å². The second-order valence-corrected chi connectivity index (χ2v) is 4.68. The van der Waals surface area contributed by atoms with Gasteiger partial charge in [0.2, 0.25) is 0 Å². The Balaban J connectivity index is 2.41. The summed E-state index contributed by atoms with van der Waals surface area (Å²) in [6.45, 7) is 1.99. The van der Waals surface area contributed by atoms with Crippen LogP contribution in [0.1, 0.15) is 11.1 Å². The Bertz CT molecular complexity index is 587. The van der Waals surface area contributed by atoms with Gasteiger partial charge in [0.25, 0.3) is 0 Å². The normalized spacial score (nSPS) is 9.94. The molecule has 3 heteroatoms. The number of aryl methyl sites for hydroxylation is 1. The highest BCUT2D eigenvalue weighted by Gasteiger charge is 2.09. The molecule has 17 heavy (non-hydrogen) atoms. The predicted molar refractivity (Wildman–Crippen MR) is 66.4 cm³/mol. The van der Waals surface area contributed by atoms with Gasteiger partial charge in [-0.25, -0.2) is 4.39 Å². The average Bonchev–Trinajstić information content (AvgIpc) is 2.32. The van der Waals surface area contributed by atoms with Gasteiger partial charge < -0.3 is 0 Å². The Kier molecular flexibility index (Phi) is 3.46. The molecule has 0 aromatic heterocycles. The first-order valence-corrected chi connectivity index (χ1v) is 5.96. The van der Waals surface area contributed by atoms with Crippen LogP contribution in [0, 0.1) is 24.1 Å². The van der Waals surface area contributed by atoms with E-state index in [1.165, 1.54) is 17.8 Å². The number of nitriles is 1. The quantitative estimate of drug-likeness (QED) is 0.790. The maximum atomic E-state index is 13.4. The van der Waals surface area contributed by atoms with Gasteiger partial charge in [-0.1, -0.05) is 36.0 Å². The van der Waals surface area contributed by atoms with Crippen LogP contribution in [-0.4, -0.2) is 0 Å². The second kappa shape index (κ2) is 5.03. The number of rotatable bonds is 2. The molecule has 1 nitrogen and oxygen atoms in total. The smallest absolute Gasteiger partial charge is 0.142 e. The van der Waals surface area contributed by atoms with Gasteiger partial charge in [0.05, 0.1) is 0 Å². The van der Waals surface area contributed by atoms with Crippen LogP contribution in [0.15, 0.2) is 52.3 Å². The summed E-state index contributed by atoms with van der Waals surface area (Å²) in [5.41, 5.74) is 1.23. The van der Waals surface area contributed by atoms with E-state index in [0.717, 1.165) is 10.5 Å². The molecule has 0 radical (unpaired) electrons. The van der Waals surface area contributed by atoms with Gasteiger partial charge in [-0.2, -0.15) is 5.26 Å². The Morgan fingerprint density at radius 2 is 1.76 bits per heavy atom. The van der Waals surface area contributed by atoms with Crippen molar-refractivity contribution in [3.8, 4) is 6.07 Å². The lowest BCUT2D eigenvalue weighted by atomic mass is 10.2. The first kappa shape index (κ1) is 11.7. The molecule has 0 unspecified atom stereocenters. The summed E-state index contributed by atoms with van der Waals surface area (Å²) < 4.78 is 13.4. The second-order valence-electron chi connectivity index (χ2n) is 3.59. The van der Waals surface area contributed by atoms with E-state index >= 15 is 0 Å². The molecule has 0 fully saturated rings. The van der Waals surface area contributed by atoms with Crippen LogP contribution in [0.2, 0.25) is 0 Å². The zero-order chi connectivity index (χ0) is 12.3. The highest BCUT2D eigenvalue weighted by Crippen LogP contribution is 2.32. The van der Waals surface area contributed by atoms with Crippen molar-refractivity contribution < 1.29 is 4.39 Å². The van der Waals surface area contributed by atoms with Crippen molar-refractivity contribution in [2.24, 2.45) is 0 Å². The van der Waals surface area contributed by atoms with Crippen molar-refractivity contribution >= 4 is 11.8 Å². The largest absolute Gasteiger partial charge is 0.206 e. The van der Waals surface area contributed by atoms with E-state index in [4.69, 9.17) is 5.26 Å². The predicted octanol–water partition coefficient (Wildman–Crippen LogP) is 4.16. The maximum absolute atomic E-state index is 13.4. The van der Waals surface area contributed by atoms with Crippen LogP contribution >= 0.6 is 11.8 Å². The summed E-state index contributed by atoms with van der Waals surface area (Å²) in [5.74, 6) is -0.467. The first-order chi connectivity index (χ1) is 8.22. The minimum atomic E-state index is -0.467. The number of benzene rings is 2. The molecule has 0 amide bonds. The van der Waals surface area contributed by atoms with Crippen molar-refractivity contribution in [2.75, 3.05) is 0 Å². The van der Waals surface area contributed by atoms with E-state index in [1.807, 2.05) is 37.3 Å². The third kappa shape index (κ3) is 2.48. The Labute approximate surface area is 104 Å². The standard InChI is InChI=1S/C14H10FNS/c1-10-5-2-3-7-13(10)17-14-8-4-6-12(15)11(14)9-16/h2-8H,1H3. The monoisotopic (exact) mass is 243 g/mol. The van der Waals surface area contributed by atoms with E-state index in [-0.39, 0.29) is 5.56 Å². The van der Waals surface area contributed by atoms with Crippen LogP contribution in [0.4, 0.5) is 4.39 Å². The highest BCUT2D eigenvalue weighted by atomic mass is 32.2. The van der Waals surface area contributed by atoms with E-state index in [1.54, 1.807) is 12.1 Å². The van der Waals surface area contributed by atoms with Crippen molar-refractivity contribution in [3.05, 3.63) is 59.4 Å². The van der Waals surface area contributed by atoms with E-state index in [0.29, 0.717) is 4.90 Å². The number of nitrogens with zero attached hydrogens (tertiary/aromatic N) is 1. The summed E-state index contributed by atoms with van der Waals surface area (Å²) in [6, 6.07) is 14.4. The molecule has 0 aliphatic rings. The number of hydrogen-bond donors (Lipinski definition) is 0. The fourth-order valence-corrected chi connectivity index (χ4v) is 2.49. The summed E-state index contributed by atoms with van der Waals surface area (Å²) in [5, 5.41) is 8.94. The maximum Gasteiger partial charge on any atom is 0.142 e. The Morgan fingerprint density at radius 3 is 2.47 bits per heavy atom. The van der Waals surface area contributed by atoms with E-state index < -0.39 is 5.82 Å². The van der Waals surface area contributed by atoms with Gasteiger partial charge in [0.1, 0.15) is 17.4 Å². The first-order valence-electron chi connectivity index (χ1n) is 5.14. The molecule has 0 atom stereocenters. The minimum absolute atomic E-state index is 0.112. The summed E-state index contributed by atoms with van der Waals surface area (Å²) in [6.07, 6.45) is 0. The molecule has 2 aromatic carbocycles. The molecular formula is C14H10FNS. The van der Waals surface area contributed by atoms with Gasteiger partial charge in [-0.3, -0.25) is 0 Å². The van der Waals surface area contributed by atoms with Gasteiger partial charge in [-0.05, 0) is 30.7 Å². The average molecular weight is 243 g/mol. The number of hydrogen-bond acceptors (Lipinski definition) is 2. The van der Waals surface area contributed by atoms with Crippen molar-refractivity contribution in [1.29, 1.82) is 5.26 Å². The van der Waals surface area contributed by atoms with Gasteiger partial charge in [0.15, 0.2) is 0 Å². The molecule has 0 saturated heterocycles. The van der Waals surface area contributed by atoms with Gasteiger partial charge in [-0.15, -0.1) is 0 Å². The van der Waals surface area contributed by atoms with Gasteiger partial charge in [0, 0.05) is 9.79 Å². The van der Waals surface area contributed by atoms with E-state index in [2.05, 4.69) is 0 Å². The van der Waals surface area contributed by atoms with Crippen LogP contribution in [0.25, 0.3) is 0 Å². The SMILES string of the molecule is Cc1ccccc1Sc1cccc(F)c1C#N. The zero-order valence-electron chi connectivity index (χ0n) is 9.27. The summed E-state index contributed by atoms with van der Waals surface area (Å²) in [4.78, 5) is 1.69. The molecule has 2 rings (SSSR count). The lowest BCUT2D eigenvalue weighted by Gasteiger charge is -2.06. The summed E-state index contributed by atoms with van der Waals surface area (Å²) in [7, 11) is 0. The van der Waals surface area contributed by atoms with Crippen LogP contribution in [0.3, 0.4) is 0 Å². The zero-order valence-corrected chi connectivity index (χ0v) is 10.1. The molecule has 0 aliphatic carbocycles. The molecule has 0 spiro atoms. The highest BCUT2D eigenvalue weighted by molar-refractivity contribution is 7.99. The molecule has 0 heterocycles. The minimum Gasteiger partial charge on any atom is -0.206 e. The molecule has 84 valence electrons. The molecule has 0 N–H and O–H groups in total. The number of halogens is 1. The van der Waals surface area contributed by atoms with Crippen LogP contribution in [-0.2, 0) is 0 Å². The van der Waals surface area contributed by atoms with Crippen LogP contribution in [0.5, 0.6) is 0 Å². The molecule has 0 aliphatic heterocycles. The lowest BCUT2D eigenvalue weighted by molar-refractivity contribution is 0.620. The molecular weight excluding hydrogens is 233 g/mol. The molecule has 2 aromatic rings. The lowest BCUT2D eigenvalue weighted by Crippen LogP contribution is -1.87. The Morgan fingerprint density at radius 1 is 1.06 bits per heavy atom. The van der Waals surface area contributed by atoms with Crippen molar-refractivity contribution in [2.45, 2.75) is 16.7 Å².